The predicted octanol–water partition coefficient (Wildman–Crippen LogP) is 1.98. The molecule has 1 heterocycles. The average Bonchev–Trinajstić information content (AvgIpc) is 2.36. The molecule has 0 atom stereocenters. The molecular formula is C15H20N2O. The van der Waals surface area contributed by atoms with Crippen molar-refractivity contribution in [1.82, 2.24) is 10.2 Å². The molecule has 1 aliphatic heterocycles. The van der Waals surface area contributed by atoms with Crippen molar-refractivity contribution in [1.29, 1.82) is 0 Å². The number of amides is 1. The highest BCUT2D eigenvalue weighted by atomic mass is 16.2. The van der Waals surface area contributed by atoms with Gasteiger partial charge >= 0.3 is 0 Å². The molecule has 3 nitrogen and oxygen atoms in total. The number of hydrogen-bond donors (Lipinski definition) is 1. The molecule has 0 aliphatic carbocycles. The standard InChI is InChI=1S/C15H20N2O/c1-11(2)10-17(3)15(18)14-6-4-5-12-9-16-8-7-13(12)14/h4-6,16H,1,7-10H2,2-3H3. The Bertz CT molecular complexity index is 479. The number of nitrogens with one attached hydrogen (secondary N) is 1. The van der Waals surface area contributed by atoms with Gasteiger partial charge in [0, 0.05) is 25.7 Å². The molecule has 2 rings (SSSR count). The van der Waals surface area contributed by atoms with Gasteiger partial charge in [-0.15, -0.1) is 0 Å². The summed E-state index contributed by atoms with van der Waals surface area (Å²) in [6, 6.07) is 5.99. The molecule has 96 valence electrons. The molecule has 1 aliphatic rings. The normalized spacial score (nSPS) is 13.9. The molecule has 3 heteroatoms. The topological polar surface area (TPSA) is 32.3 Å². The second kappa shape index (κ2) is 5.36. The highest BCUT2D eigenvalue weighted by Gasteiger charge is 2.19. The lowest BCUT2D eigenvalue weighted by molar-refractivity contribution is 0.0805. The van der Waals surface area contributed by atoms with E-state index in [1.807, 2.05) is 26.1 Å². The number of fused-ring (bicyclic) bond motifs is 1. The molecule has 0 radical (unpaired) electrons. The summed E-state index contributed by atoms with van der Waals surface area (Å²) in [7, 11) is 1.83. The van der Waals surface area contributed by atoms with Gasteiger partial charge < -0.3 is 10.2 Å². The Hall–Kier alpha value is -1.61. The minimum atomic E-state index is 0.0942. The fourth-order valence-corrected chi connectivity index (χ4v) is 2.41. The van der Waals surface area contributed by atoms with Crippen LogP contribution in [0.4, 0.5) is 0 Å². The van der Waals surface area contributed by atoms with Crippen molar-refractivity contribution in [2.24, 2.45) is 0 Å². The third-order valence-electron chi connectivity index (χ3n) is 3.22. The van der Waals surface area contributed by atoms with Gasteiger partial charge in [0.15, 0.2) is 0 Å². The lowest BCUT2D eigenvalue weighted by Gasteiger charge is -2.23. The number of carbonyl (C=O) groups is 1. The smallest absolute Gasteiger partial charge is 0.254 e. The van der Waals surface area contributed by atoms with Crippen LogP contribution in [0.15, 0.2) is 30.4 Å². The second-order valence-corrected chi connectivity index (χ2v) is 4.99. The Morgan fingerprint density at radius 1 is 1.50 bits per heavy atom. The highest BCUT2D eigenvalue weighted by Crippen LogP contribution is 2.20. The van der Waals surface area contributed by atoms with Crippen molar-refractivity contribution < 1.29 is 4.79 Å². The molecule has 0 aromatic heterocycles. The minimum Gasteiger partial charge on any atom is -0.338 e. The summed E-state index contributed by atoms with van der Waals surface area (Å²) in [5.41, 5.74) is 4.29. The summed E-state index contributed by atoms with van der Waals surface area (Å²) in [5.74, 6) is 0.0942. The Balaban J connectivity index is 2.27. The van der Waals surface area contributed by atoms with E-state index in [0.29, 0.717) is 6.54 Å². The molecule has 0 unspecified atom stereocenters. The third kappa shape index (κ3) is 2.62. The summed E-state index contributed by atoms with van der Waals surface area (Å²) in [6.07, 6.45) is 0.929. The van der Waals surface area contributed by atoms with E-state index in [1.165, 1.54) is 11.1 Å². The van der Waals surface area contributed by atoms with Gasteiger partial charge in [-0.3, -0.25) is 4.79 Å². The summed E-state index contributed by atoms with van der Waals surface area (Å²) >= 11 is 0. The third-order valence-corrected chi connectivity index (χ3v) is 3.22. The van der Waals surface area contributed by atoms with Crippen LogP contribution in [0.3, 0.4) is 0 Å². The lowest BCUT2D eigenvalue weighted by Crippen LogP contribution is -2.31. The highest BCUT2D eigenvalue weighted by molar-refractivity contribution is 5.96. The van der Waals surface area contributed by atoms with Gasteiger partial charge in [-0.05, 0) is 37.1 Å². The first-order valence-electron chi connectivity index (χ1n) is 6.31. The van der Waals surface area contributed by atoms with Crippen LogP contribution in [0.2, 0.25) is 0 Å². The molecule has 18 heavy (non-hydrogen) atoms. The van der Waals surface area contributed by atoms with Gasteiger partial charge in [-0.1, -0.05) is 24.3 Å². The minimum absolute atomic E-state index is 0.0942. The Labute approximate surface area is 108 Å². The van der Waals surface area contributed by atoms with Gasteiger partial charge in [0.05, 0.1) is 0 Å². The predicted molar refractivity (Wildman–Crippen MR) is 73.6 cm³/mol. The van der Waals surface area contributed by atoms with Gasteiger partial charge in [0.25, 0.3) is 5.91 Å². The van der Waals surface area contributed by atoms with E-state index in [-0.39, 0.29) is 5.91 Å². The van der Waals surface area contributed by atoms with Crippen LogP contribution < -0.4 is 5.32 Å². The molecule has 1 aromatic rings. The molecule has 1 aromatic carbocycles. The fourth-order valence-electron chi connectivity index (χ4n) is 2.41. The largest absolute Gasteiger partial charge is 0.338 e. The number of likely N-dealkylation sites (N-methyl/N-ethyl adjacent to an activating group) is 1. The van der Waals surface area contributed by atoms with Crippen LogP contribution in [0.1, 0.15) is 28.4 Å². The average molecular weight is 244 g/mol. The maximum absolute atomic E-state index is 12.4. The van der Waals surface area contributed by atoms with Crippen LogP contribution in [0, 0.1) is 0 Å². The molecular weight excluding hydrogens is 224 g/mol. The number of rotatable bonds is 3. The maximum atomic E-state index is 12.4. The molecule has 1 amide bonds. The van der Waals surface area contributed by atoms with Crippen molar-refractivity contribution in [3.8, 4) is 0 Å². The zero-order valence-electron chi connectivity index (χ0n) is 11.1. The summed E-state index contributed by atoms with van der Waals surface area (Å²) in [4.78, 5) is 14.2. The molecule has 1 N–H and O–H groups in total. The number of carbonyl (C=O) groups excluding carboxylic acids is 1. The SMILES string of the molecule is C=C(C)CN(C)C(=O)c1cccc2c1CCNC2. The van der Waals surface area contributed by atoms with E-state index >= 15 is 0 Å². The van der Waals surface area contributed by atoms with Crippen molar-refractivity contribution in [2.75, 3.05) is 20.1 Å². The van der Waals surface area contributed by atoms with E-state index in [1.54, 1.807) is 4.90 Å². The van der Waals surface area contributed by atoms with Gasteiger partial charge in [-0.25, -0.2) is 0 Å². The monoisotopic (exact) mass is 244 g/mol. The lowest BCUT2D eigenvalue weighted by atomic mass is 9.95. The van der Waals surface area contributed by atoms with Crippen LogP contribution >= 0.6 is 0 Å². The summed E-state index contributed by atoms with van der Waals surface area (Å²) < 4.78 is 0. The molecule has 0 saturated heterocycles. The van der Waals surface area contributed by atoms with Gasteiger partial charge in [0.2, 0.25) is 0 Å². The molecule has 0 bridgehead atoms. The fraction of sp³-hybridized carbons (Fsp3) is 0.400. The van der Waals surface area contributed by atoms with E-state index in [9.17, 15) is 4.79 Å². The maximum Gasteiger partial charge on any atom is 0.254 e. The van der Waals surface area contributed by atoms with Crippen molar-refractivity contribution in [2.45, 2.75) is 19.9 Å². The van der Waals surface area contributed by atoms with Gasteiger partial charge in [-0.2, -0.15) is 0 Å². The molecule has 0 fully saturated rings. The van der Waals surface area contributed by atoms with E-state index < -0.39 is 0 Å². The first kappa shape index (κ1) is 12.8. The Morgan fingerprint density at radius 2 is 2.28 bits per heavy atom. The molecule has 0 spiro atoms. The van der Waals surface area contributed by atoms with Crippen molar-refractivity contribution in [3.05, 3.63) is 47.0 Å². The first-order valence-corrected chi connectivity index (χ1v) is 6.31. The summed E-state index contributed by atoms with van der Waals surface area (Å²) in [6.45, 7) is 8.21. The number of nitrogens with zero attached hydrogens (tertiary/aromatic N) is 1. The van der Waals surface area contributed by atoms with E-state index in [0.717, 1.165) is 30.6 Å². The second-order valence-electron chi connectivity index (χ2n) is 4.99. The van der Waals surface area contributed by atoms with Gasteiger partial charge in [0.1, 0.15) is 0 Å². The van der Waals surface area contributed by atoms with Crippen molar-refractivity contribution >= 4 is 5.91 Å². The van der Waals surface area contributed by atoms with Crippen LogP contribution in [-0.2, 0) is 13.0 Å². The Morgan fingerprint density at radius 3 is 3.00 bits per heavy atom. The number of hydrogen-bond acceptors (Lipinski definition) is 2. The summed E-state index contributed by atoms with van der Waals surface area (Å²) in [5, 5.41) is 3.33. The number of benzene rings is 1. The zero-order chi connectivity index (χ0) is 13.1. The van der Waals surface area contributed by atoms with Crippen LogP contribution in [0.5, 0.6) is 0 Å². The van der Waals surface area contributed by atoms with Crippen LogP contribution in [-0.4, -0.2) is 30.9 Å². The zero-order valence-corrected chi connectivity index (χ0v) is 11.1. The Kier molecular flexibility index (Phi) is 3.82. The van der Waals surface area contributed by atoms with Crippen molar-refractivity contribution in [3.63, 3.8) is 0 Å². The van der Waals surface area contributed by atoms with E-state index in [4.69, 9.17) is 0 Å². The van der Waals surface area contributed by atoms with E-state index in [2.05, 4.69) is 18.0 Å². The molecule has 0 saturated carbocycles. The first-order chi connectivity index (χ1) is 8.59. The quantitative estimate of drug-likeness (QED) is 0.825. The van der Waals surface area contributed by atoms with Crippen LogP contribution in [0.25, 0.3) is 0 Å².